The molecule has 0 amide bonds. The van der Waals surface area contributed by atoms with Gasteiger partial charge in [0.05, 0.1) is 26.9 Å². The van der Waals surface area contributed by atoms with Crippen LogP contribution >= 0.6 is 0 Å². The van der Waals surface area contributed by atoms with Crippen LogP contribution < -0.4 is 14.2 Å². The van der Waals surface area contributed by atoms with E-state index in [0.717, 1.165) is 50.8 Å². The Hall–Kier alpha value is -2.24. The van der Waals surface area contributed by atoms with Crippen molar-refractivity contribution in [2.75, 3.05) is 27.9 Å². The van der Waals surface area contributed by atoms with Crippen molar-refractivity contribution in [1.82, 2.24) is 4.90 Å². The van der Waals surface area contributed by atoms with Crippen molar-refractivity contribution in [2.24, 2.45) is 5.92 Å². The van der Waals surface area contributed by atoms with E-state index in [1.807, 2.05) is 0 Å². The molecule has 0 spiro atoms. The molecule has 2 aromatic rings. The highest BCUT2D eigenvalue weighted by atomic mass is 16.5. The Kier molecular flexibility index (Phi) is 6.44. The molecule has 1 aliphatic carbocycles. The fourth-order valence-electron chi connectivity index (χ4n) is 5.56. The number of benzene rings is 2. The molecular formula is C26H35NO4. The Morgan fingerprint density at radius 3 is 2.26 bits per heavy atom. The van der Waals surface area contributed by atoms with E-state index in [1.54, 1.807) is 21.3 Å². The quantitative estimate of drug-likeness (QED) is 0.714. The third-order valence-corrected chi connectivity index (χ3v) is 7.21. The van der Waals surface area contributed by atoms with Crippen LogP contribution in [0.4, 0.5) is 0 Å². The summed E-state index contributed by atoms with van der Waals surface area (Å²) >= 11 is 0. The standard InChI is InChI=1S/C26H35NO4/c1-18-8-10-19(11-9-18)17-27-14-13-26(28)12-6-5-7-21(26)24(27)20-15-22(29-2)25(31-4)23(16-20)30-3/h8-11,15-16,21,24,28H,5-7,12-14,17H2,1-4H3/t21-,24+,26-/m0/s1. The van der Waals surface area contributed by atoms with Crippen molar-refractivity contribution in [2.45, 2.75) is 57.2 Å². The first-order chi connectivity index (χ1) is 15.0. The smallest absolute Gasteiger partial charge is 0.203 e. The van der Waals surface area contributed by atoms with Crippen LogP contribution in [-0.2, 0) is 6.54 Å². The average molecular weight is 426 g/mol. The molecular weight excluding hydrogens is 390 g/mol. The monoisotopic (exact) mass is 425 g/mol. The molecule has 0 aromatic heterocycles. The van der Waals surface area contributed by atoms with Crippen molar-refractivity contribution in [3.8, 4) is 17.2 Å². The van der Waals surface area contributed by atoms with E-state index in [9.17, 15) is 5.11 Å². The van der Waals surface area contributed by atoms with Crippen LogP contribution in [0.3, 0.4) is 0 Å². The summed E-state index contributed by atoms with van der Waals surface area (Å²) in [5, 5.41) is 11.6. The molecule has 2 fully saturated rings. The van der Waals surface area contributed by atoms with Crippen LogP contribution in [0.25, 0.3) is 0 Å². The highest BCUT2D eigenvalue weighted by molar-refractivity contribution is 5.54. The zero-order valence-corrected chi connectivity index (χ0v) is 19.2. The van der Waals surface area contributed by atoms with Crippen LogP contribution in [0.5, 0.6) is 17.2 Å². The van der Waals surface area contributed by atoms with E-state index in [4.69, 9.17) is 14.2 Å². The maximum absolute atomic E-state index is 11.6. The molecule has 1 saturated carbocycles. The lowest BCUT2D eigenvalue weighted by Gasteiger charge is -2.53. The topological polar surface area (TPSA) is 51.2 Å². The summed E-state index contributed by atoms with van der Waals surface area (Å²) < 4.78 is 16.9. The first-order valence-corrected chi connectivity index (χ1v) is 11.3. The maximum atomic E-state index is 11.6. The summed E-state index contributed by atoms with van der Waals surface area (Å²) in [7, 11) is 4.94. The van der Waals surface area contributed by atoms with E-state index in [-0.39, 0.29) is 12.0 Å². The minimum Gasteiger partial charge on any atom is -0.493 e. The molecule has 3 atom stereocenters. The van der Waals surface area contributed by atoms with Crippen molar-refractivity contribution < 1.29 is 19.3 Å². The lowest BCUT2D eigenvalue weighted by molar-refractivity contribution is -0.126. The third-order valence-electron chi connectivity index (χ3n) is 7.21. The van der Waals surface area contributed by atoms with Crippen molar-refractivity contribution in [1.29, 1.82) is 0 Å². The molecule has 168 valence electrons. The van der Waals surface area contributed by atoms with Crippen molar-refractivity contribution in [3.63, 3.8) is 0 Å². The Morgan fingerprint density at radius 2 is 1.65 bits per heavy atom. The zero-order valence-electron chi connectivity index (χ0n) is 19.2. The van der Waals surface area contributed by atoms with E-state index < -0.39 is 5.60 Å². The molecule has 1 aliphatic heterocycles. The van der Waals surface area contributed by atoms with Gasteiger partial charge in [0, 0.05) is 25.0 Å². The van der Waals surface area contributed by atoms with Crippen molar-refractivity contribution in [3.05, 3.63) is 53.1 Å². The molecule has 1 saturated heterocycles. The number of hydrogen-bond acceptors (Lipinski definition) is 5. The lowest BCUT2D eigenvalue weighted by atomic mass is 9.66. The fourth-order valence-corrected chi connectivity index (χ4v) is 5.56. The number of ether oxygens (including phenoxy) is 3. The maximum Gasteiger partial charge on any atom is 0.203 e. The van der Waals surface area contributed by atoms with Crippen LogP contribution in [0.15, 0.2) is 36.4 Å². The molecule has 0 bridgehead atoms. The van der Waals surface area contributed by atoms with Gasteiger partial charge in [0.1, 0.15) is 0 Å². The lowest BCUT2D eigenvalue weighted by Crippen LogP contribution is -2.54. The second kappa shape index (κ2) is 9.09. The average Bonchev–Trinajstić information content (AvgIpc) is 2.79. The molecule has 5 heteroatoms. The molecule has 0 unspecified atom stereocenters. The predicted octanol–water partition coefficient (Wildman–Crippen LogP) is 4.89. The second-order valence-corrected chi connectivity index (χ2v) is 9.07. The molecule has 2 aliphatic rings. The summed E-state index contributed by atoms with van der Waals surface area (Å²) in [4.78, 5) is 2.52. The highest BCUT2D eigenvalue weighted by Gasteiger charge is 2.49. The summed E-state index contributed by atoms with van der Waals surface area (Å²) in [6.45, 7) is 3.84. The van der Waals surface area contributed by atoms with Gasteiger partial charge < -0.3 is 19.3 Å². The van der Waals surface area contributed by atoms with Crippen LogP contribution in [0.2, 0.25) is 0 Å². The van der Waals surface area contributed by atoms with Gasteiger partial charge in [0.15, 0.2) is 11.5 Å². The number of aryl methyl sites for hydroxylation is 1. The van der Waals surface area contributed by atoms with E-state index in [1.165, 1.54) is 11.1 Å². The molecule has 31 heavy (non-hydrogen) atoms. The van der Waals surface area contributed by atoms with Crippen LogP contribution in [-0.4, -0.2) is 43.5 Å². The Morgan fingerprint density at radius 1 is 0.968 bits per heavy atom. The van der Waals surface area contributed by atoms with Gasteiger partial charge in [-0.3, -0.25) is 4.90 Å². The summed E-state index contributed by atoms with van der Waals surface area (Å²) in [5.74, 6) is 2.12. The molecule has 1 heterocycles. The van der Waals surface area contributed by atoms with Gasteiger partial charge in [-0.25, -0.2) is 0 Å². The van der Waals surface area contributed by atoms with E-state index in [0.29, 0.717) is 17.2 Å². The van der Waals surface area contributed by atoms with Gasteiger partial charge in [0.2, 0.25) is 5.75 Å². The minimum atomic E-state index is -0.604. The number of likely N-dealkylation sites (tertiary alicyclic amines) is 1. The third kappa shape index (κ3) is 4.26. The number of fused-ring (bicyclic) bond motifs is 1. The predicted molar refractivity (Wildman–Crippen MR) is 122 cm³/mol. The number of aliphatic hydroxyl groups is 1. The normalized spacial score (nSPS) is 26.2. The Balaban J connectivity index is 1.77. The largest absolute Gasteiger partial charge is 0.493 e. The van der Waals surface area contributed by atoms with Gasteiger partial charge in [-0.1, -0.05) is 42.7 Å². The molecule has 0 radical (unpaired) electrons. The van der Waals surface area contributed by atoms with Gasteiger partial charge in [-0.2, -0.15) is 0 Å². The van der Waals surface area contributed by atoms with Crippen LogP contribution in [0, 0.1) is 12.8 Å². The zero-order chi connectivity index (χ0) is 22.0. The van der Waals surface area contributed by atoms with E-state index >= 15 is 0 Å². The molecule has 5 nitrogen and oxygen atoms in total. The van der Waals surface area contributed by atoms with Gasteiger partial charge in [0.25, 0.3) is 0 Å². The summed E-state index contributed by atoms with van der Waals surface area (Å²) in [6, 6.07) is 13.0. The Bertz CT molecular complexity index is 872. The summed E-state index contributed by atoms with van der Waals surface area (Å²) in [5.41, 5.74) is 3.08. The van der Waals surface area contributed by atoms with E-state index in [2.05, 4.69) is 48.2 Å². The van der Waals surface area contributed by atoms with Gasteiger partial charge in [-0.05, 0) is 49.4 Å². The fraction of sp³-hybridized carbons (Fsp3) is 0.538. The first kappa shape index (κ1) is 22.0. The van der Waals surface area contributed by atoms with Gasteiger partial charge in [-0.15, -0.1) is 0 Å². The minimum absolute atomic E-state index is 0.0917. The molecule has 4 rings (SSSR count). The SMILES string of the molecule is COc1cc([C@@H]2[C@@H]3CCCC[C@]3(O)CCN2Cc2ccc(C)cc2)cc(OC)c1OC. The number of rotatable bonds is 6. The Labute approximate surface area is 185 Å². The highest BCUT2D eigenvalue weighted by Crippen LogP contribution is 2.51. The molecule has 2 aromatic carbocycles. The number of nitrogens with zero attached hydrogens (tertiary/aromatic N) is 1. The first-order valence-electron chi connectivity index (χ1n) is 11.3. The number of hydrogen-bond donors (Lipinski definition) is 1. The van der Waals surface area contributed by atoms with Crippen LogP contribution in [0.1, 0.15) is 54.8 Å². The molecule has 1 N–H and O–H groups in total. The number of piperidine rings is 1. The second-order valence-electron chi connectivity index (χ2n) is 9.07. The van der Waals surface area contributed by atoms with Gasteiger partial charge >= 0.3 is 0 Å². The van der Waals surface area contributed by atoms with Crippen molar-refractivity contribution >= 4 is 0 Å². The number of methoxy groups -OCH3 is 3. The summed E-state index contributed by atoms with van der Waals surface area (Å²) in [6.07, 6.45) is 5.00.